The Morgan fingerprint density at radius 3 is 2.81 bits per heavy atom. The highest BCUT2D eigenvalue weighted by Crippen LogP contribution is 2.17. The molecular weight excluding hydrogens is 206 g/mol. The molecule has 1 aromatic rings. The first kappa shape index (κ1) is 12.5. The standard InChI is InChI=1S/C12H17NO3/c1-9(14)12(15)13-8-7-10-5-3-4-6-11(10)16-2/h3-6,9,14H,7-8H2,1-2H3,(H,13,15). The van der Waals surface area contributed by atoms with Crippen LogP contribution in [0.2, 0.25) is 0 Å². The smallest absolute Gasteiger partial charge is 0.248 e. The quantitative estimate of drug-likeness (QED) is 0.774. The van der Waals surface area contributed by atoms with Gasteiger partial charge in [0.15, 0.2) is 0 Å². The molecule has 0 aliphatic carbocycles. The van der Waals surface area contributed by atoms with E-state index in [1.54, 1.807) is 7.11 Å². The van der Waals surface area contributed by atoms with Crippen LogP contribution in [0.15, 0.2) is 24.3 Å². The van der Waals surface area contributed by atoms with E-state index in [0.717, 1.165) is 11.3 Å². The summed E-state index contributed by atoms with van der Waals surface area (Å²) < 4.78 is 5.19. The Morgan fingerprint density at radius 1 is 1.50 bits per heavy atom. The average molecular weight is 223 g/mol. The van der Waals surface area contributed by atoms with Gasteiger partial charge in [-0.05, 0) is 25.0 Å². The van der Waals surface area contributed by atoms with Crippen molar-refractivity contribution in [2.45, 2.75) is 19.4 Å². The van der Waals surface area contributed by atoms with E-state index in [2.05, 4.69) is 5.32 Å². The molecule has 0 aliphatic rings. The number of hydrogen-bond acceptors (Lipinski definition) is 3. The molecule has 0 radical (unpaired) electrons. The van der Waals surface area contributed by atoms with E-state index in [1.807, 2.05) is 24.3 Å². The van der Waals surface area contributed by atoms with Gasteiger partial charge in [-0.2, -0.15) is 0 Å². The molecule has 0 bridgehead atoms. The van der Waals surface area contributed by atoms with Crippen LogP contribution in [-0.2, 0) is 11.2 Å². The Hall–Kier alpha value is -1.55. The molecule has 0 saturated carbocycles. The number of carbonyl (C=O) groups excluding carboxylic acids is 1. The SMILES string of the molecule is COc1ccccc1CCNC(=O)C(C)O. The topological polar surface area (TPSA) is 58.6 Å². The summed E-state index contributed by atoms with van der Waals surface area (Å²) in [7, 11) is 1.62. The van der Waals surface area contributed by atoms with Gasteiger partial charge in [0.25, 0.3) is 0 Å². The molecule has 0 fully saturated rings. The number of benzene rings is 1. The normalized spacial score (nSPS) is 11.9. The van der Waals surface area contributed by atoms with Crippen LogP contribution in [0.5, 0.6) is 5.75 Å². The summed E-state index contributed by atoms with van der Waals surface area (Å²) >= 11 is 0. The van der Waals surface area contributed by atoms with E-state index in [9.17, 15) is 4.79 Å². The first-order valence-electron chi connectivity index (χ1n) is 5.23. The van der Waals surface area contributed by atoms with Crippen LogP contribution in [0.25, 0.3) is 0 Å². The van der Waals surface area contributed by atoms with E-state index in [0.29, 0.717) is 13.0 Å². The maximum Gasteiger partial charge on any atom is 0.248 e. The summed E-state index contributed by atoms with van der Waals surface area (Å²) in [6.07, 6.45) is -0.277. The van der Waals surface area contributed by atoms with E-state index in [4.69, 9.17) is 9.84 Å². The zero-order chi connectivity index (χ0) is 12.0. The van der Waals surface area contributed by atoms with Crippen molar-refractivity contribution in [2.24, 2.45) is 0 Å². The first-order chi connectivity index (χ1) is 7.65. The first-order valence-corrected chi connectivity index (χ1v) is 5.23. The van der Waals surface area contributed by atoms with Crippen LogP contribution in [-0.4, -0.2) is 30.8 Å². The fourth-order valence-electron chi connectivity index (χ4n) is 1.38. The zero-order valence-electron chi connectivity index (χ0n) is 9.56. The van der Waals surface area contributed by atoms with Crippen molar-refractivity contribution in [1.82, 2.24) is 5.32 Å². The molecule has 1 unspecified atom stereocenters. The van der Waals surface area contributed by atoms with E-state index >= 15 is 0 Å². The van der Waals surface area contributed by atoms with Gasteiger partial charge in [-0.1, -0.05) is 18.2 Å². The van der Waals surface area contributed by atoms with Gasteiger partial charge in [0.1, 0.15) is 11.9 Å². The molecule has 1 aromatic carbocycles. The van der Waals surface area contributed by atoms with Crippen LogP contribution in [0.1, 0.15) is 12.5 Å². The van der Waals surface area contributed by atoms with Gasteiger partial charge in [-0.3, -0.25) is 4.79 Å². The Bertz CT molecular complexity index is 350. The van der Waals surface area contributed by atoms with Crippen LogP contribution in [0.4, 0.5) is 0 Å². The van der Waals surface area contributed by atoms with Crippen molar-refractivity contribution in [3.8, 4) is 5.75 Å². The second-order valence-electron chi connectivity index (χ2n) is 3.53. The molecule has 16 heavy (non-hydrogen) atoms. The molecular formula is C12H17NO3. The number of methoxy groups -OCH3 is 1. The predicted molar refractivity (Wildman–Crippen MR) is 61.4 cm³/mol. The number of nitrogens with one attached hydrogen (secondary N) is 1. The van der Waals surface area contributed by atoms with E-state index < -0.39 is 6.10 Å². The Labute approximate surface area is 95.2 Å². The lowest BCUT2D eigenvalue weighted by molar-refractivity contribution is -0.128. The number of amides is 1. The summed E-state index contributed by atoms with van der Waals surface area (Å²) in [6.45, 7) is 1.93. The van der Waals surface area contributed by atoms with Crippen molar-refractivity contribution in [2.75, 3.05) is 13.7 Å². The third kappa shape index (κ3) is 3.55. The van der Waals surface area contributed by atoms with Crippen molar-refractivity contribution in [1.29, 1.82) is 0 Å². The fourth-order valence-corrected chi connectivity index (χ4v) is 1.38. The molecule has 0 aliphatic heterocycles. The molecule has 1 amide bonds. The van der Waals surface area contributed by atoms with Gasteiger partial charge in [0.05, 0.1) is 7.11 Å². The van der Waals surface area contributed by atoms with E-state index in [-0.39, 0.29) is 5.91 Å². The van der Waals surface area contributed by atoms with Crippen molar-refractivity contribution in [3.05, 3.63) is 29.8 Å². The lowest BCUT2D eigenvalue weighted by Gasteiger charge is -2.09. The molecule has 2 N–H and O–H groups in total. The highest BCUT2D eigenvalue weighted by Gasteiger charge is 2.07. The maximum absolute atomic E-state index is 11.1. The summed E-state index contributed by atoms with van der Waals surface area (Å²) in [6, 6.07) is 7.66. The van der Waals surface area contributed by atoms with Gasteiger partial charge < -0.3 is 15.2 Å². The van der Waals surface area contributed by atoms with Crippen molar-refractivity contribution >= 4 is 5.91 Å². The molecule has 4 heteroatoms. The third-order valence-corrected chi connectivity index (χ3v) is 2.27. The summed E-state index contributed by atoms with van der Waals surface area (Å²) in [5, 5.41) is 11.6. The van der Waals surface area contributed by atoms with Crippen LogP contribution >= 0.6 is 0 Å². The van der Waals surface area contributed by atoms with Crippen LogP contribution in [0, 0.1) is 0 Å². The van der Waals surface area contributed by atoms with Gasteiger partial charge in [-0.25, -0.2) is 0 Å². The van der Waals surface area contributed by atoms with Crippen LogP contribution in [0.3, 0.4) is 0 Å². The highest BCUT2D eigenvalue weighted by atomic mass is 16.5. The number of aliphatic hydroxyl groups excluding tert-OH is 1. The number of hydrogen-bond donors (Lipinski definition) is 2. The Morgan fingerprint density at radius 2 is 2.19 bits per heavy atom. The molecule has 4 nitrogen and oxygen atoms in total. The summed E-state index contributed by atoms with van der Waals surface area (Å²) in [5.41, 5.74) is 1.04. The molecule has 0 saturated heterocycles. The molecule has 0 spiro atoms. The van der Waals surface area contributed by atoms with Gasteiger partial charge in [-0.15, -0.1) is 0 Å². The molecule has 1 atom stereocenters. The Kier molecular flexibility index (Phi) is 4.79. The summed E-state index contributed by atoms with van der Waals surface area (Å²) in [5.74, 6) is 0.462. The monoisotopic (exact) mass is 223 g/mol. The Balaban J connectivity index is 2.45. The largest absolute Gasteiger partial charge is 0.496 e. The number of para-hydroxylation sites is 1. The van der Waals surface area contributed by atoms with Crippen LogP contribution < -0.4 is 10.1 Å². The molecule has 0 heterocycles. The highest BCUT2D eigenvalue weighted by molar-refractivity contribution is 5.79. The van der Waals surface area contributed by atoms with Gasteiger partial charge in [0, 0.05) is 6.54 Å². The second-order valence-corrected chi connectivity index (χ2v) is 3.53. The number of rotatable bonds is 5. The lowest BCUT2D eigenvalue weighted by Crippen LogP contribution is -2.33. The van der Waals surface area contributed by atoms with Crippen molar-refractivity contribution < 1.29 is 14.6 Å². The lowest BCUT2D eigenvalue weighted by atomic mass is 10.1. The third-order valence-electron chi connectivity index (χ3n) is 2.27. The minimum absolute atomic E-state index is 0.352. The number of aliphatic hydroxyl groups is 1. The van der Waals surface area contributed by atoms with E-state index in [1.165, 1.54) is 6.92 Å². The van der Waals surface area contributed by atoms with Crippen molar-refractivity contribution in [3.63, 3.8) is 0 Å². The number of carbonyl (C=O) groups is 1. The minimum atomic E-state index is -0.960. The maximum atomic E-state index is 11.1. The van der Waals surface area contributed by atoms with Gasteiger partial charge >= 0.3 is 0 Å². The summed E-state index contributed by atoms with van der Waals surface area (Å²) in [4.78, 5) is 11.1. The minimum Gasteiger partial charge on any atom is -0.496 e. The predicted octanol–water partition coefficient (Wildman–Crippen LogP) is 0.735. The zero-order valence-corrected chi connectivity index (χ0v) is 9.56. The fraction of sp³-hybridized carbons (Fsp3) is 0.417. The van der Waals surface area contributed by atoms with Gasteiger partial charge in [0.2, 0.25) is 5.91 Å². The molecule has 0 aromatic heterocycles. The second kappa shape index (κ2) is 6.12. The average Bonchev–Trinajstić information content (AvgIpc) is 2.29. The molecule has 88 valence electrons. The number of ether oxygens (including phenoxy) is 1. The molecule has 1 rings (SSSR count).